The van der Waals surface area contributed by atoms with Crippen molar-refractivity contribution in [1.29, 1.82) is 0 Å². The largest absolute Gasteiger partial charge is 0.332 e. The highest BCUT2D eigenvalue weighted by Gasteiger charge is 2.26. The van der Waals surface area contributed by atoms with Gasteiger partial charge in [-0.3, -0.25) is 14.6 Å². The Labute approximate surface area is 157 Å². The van der Waals surface area contributed by atoms with Gasteiger partial charge in [0.25, 0.3) is 11.5 Å². The lowest BCUT2D eigenvalue weighted by molar-refractivity contribution is 0.0733. The lowest BCUT2D eigenvalue weighted by atomic mass is 9.98. The average molecular weight is 362 g/mol. The molecule has 1 aromatic carbocycles. The molecule has 0 bridgehead atoms. The first-order chi connectivity index (χ1) is 12.8. The summed E-state index contributed by atoms with van der Waals surface area (Å²) in [5, 5.41) is 0.900. The Hall–Kier alpha value is -3.02. The maximum atomic E-state index is 13.4. The van der Waals surface area contributed by atoms with E-state index in [0.717, 1.165) is 27.7 Å². The van der Waals surface area contributed by atoms with E-state index >= 15 is 0 Å². The summed E-state index contributed by atoms with van der Waals surface area (Å²) in [5.41, 5.74) is 5.79. The van der Waals surface area contributed by atoms with Crippen LogP contribution in [0.5, 0.6) is 0 Å². The molecule has 27 heavy (non-hydrogen) atoms. The van der Waals surface area contributed by atoms with Crippen molar-refractivity contribution in [3.63, 3.8) is 0 Å². The fourth-order valence-electron chi connectivity index (χ4n) is 3.96. The lowest BCUT2D eigenvalue weighted by Crippen LogP contribution is -2.39. The minimum Gasteiger partial charge on any atom is -0.332 e. The third kappa shape index (κ3) is 3.01. The number of H-pyrrole nitrogens is 1. The van der Waals surface area contributed by atoms with E-state index in [1.54, 1.807) is 11.8 Å². The second-order valence-electron chi connectivity index (χ2n) is 7.34. The Morgan fingerprint density at radius 1 is 1.11 bits per heavy atom. The third-order valence-corrected chi connectivity index (χ3v) is 5.09. The van der Waals surface area contributed by atoms with E-state index in [2.05, 4.69) is 21.0 Å². The second kappa shape index (κ2) is 6.30. The molecular weight excluding hydrogens is 340 g/mol. The summed E-state index contributed by atoms with van der Waals surface area (Å²) in [6.45, 7) is 8.57. The van der Waals surface area contributed by atoms with Gasteiger partial charge in [0.2, 0.25) is 0 Å². The average Bonchev–Trinajstić information content (AvgIpc) is 2.59. The van der Waals surface area contributed by atoms with Gasteiger partial charge in [-0.05, 0) is 57.4 Å². The number of nitrogens with zero attached hydrogens (tertiary/aromatic N) is 3. The van der Waals surface area contributed by atoms with Crippen molar-refractivity contribution in [2.24, 2.45) is 0 Å². The van der Waals surface area contributed by atoms with Crippen molar-refractivity contribution in [2.45, 2.75) is 40.7 Å². The summed E-state index contributed by atoms with van der Waals surface area (Å²) in [5.74, 6) is 0.535. The quantitative estimate of drug-likeness (QED) is 0.722. The van der Waals surface area contributed by atoms with Gasteiger partial charge in [0.15, 0.2) is 0 Å². The summed E-state index contributed by atoms with van der Waals surface area (Å²) in [6, 6.07) is 5.95. The maximum Gasteiger partial charge on any atom is 0.254 e. The van der Waals surface area contributed by atoms with Crippen LogP contribution >= 0.6 is 0 Å². The van der Waals surface area contributed by atoms with E-state index in [1.165, 1.54) is 0 Å². The van der Waals surface area contributed by atoms with Crippen LogP contribution in [0.3, 0.4) is 0 Å². The fourth-order valence-corrected chi connectivity index (χ4v) is 3.96. The topological polar surface area (TPSA) is 79.0 Å². The van der Waals surface area contributed by atoms with Gasteiger partial charge < -0.3 is 9.88 Å². The molecular formula is C21H22N4O2. The SMILES string of the molecule is Cc1cc(C)c2c(C(=O)N3CCc4c(nc(C)[nH]c4=O)C3)cc(C)nc2c1. The van der Waals surface area contributed by atoms with E-state index in [1.807, 2.05) is 32.9 Å². The molecule has 138 valence electrons. The molecule has 1 aliphatic rings. The van der Waals surface area contributed by atoms with Crippen LogP contribution in [-0.2, 0) is 13.0 Å². The van der Waals surface area contributed by atoms with E-state index in [9.17, 15) is 9.59 Å². The van der Waals surface area contributed by atoms with Crippen LogP contribution in [0.2, 0.25) is 0 Å². The number of aryl methyl sites for hydroxylation is 4. The molecule has 6 nitrogen and oxygen atoms in total. The number of nitrogens with one attached hydrogen (secondary N) is 1. The monoisotopic (exact) mass is 362 g/mol. The molecule has 2 aromatic heterocycles. The van der Waals surface area contributed by atoms with Crippen molar-refractivity contribution in [2.75, 3.05) is 6.54 Å². The number of aromatic amines is 1. The van der Waals surface area contributed by atoms with Gasteiger partial charge in [0.1, 0.15) is 5.82 Å². The molecule has 3 aromatic rings. The number of benzene rings is 1. The number of amides is 1. The van der Waals surface area contributed by atoms with Crippen molar-refractivity contribution in [3.8, 4) is 0 Å². The van der Waals surface area contributed by atoms with Gasteiger partial charge in [0.05, 0.1) is 23.3 Å². The van der Waals surface area contributed by atoms with E-state index in [0.29, 0.717) is 42.2 Å². The first-order valence-electron chi connectivity index (χ1n) is 9.10. The molecule has 1 amide bonds. The number of fused-ring (bicyclic) bond motifs is 2. The number of aromatic nitrogens is 3. The van der Waals surface area contributed by atoms with Crippen molar-refractivity contribution in [3.05, 3.63) is 68.0 Å². The molecule has 0 aliphatic carbocycles. The Kier molecular flexibility index (Phi) is 4.06. The molecule has 3 heterocycles. The highest BCUT2D eigenvalue weighted by Crippen LogP contribution is 2.26. The minimum absolute atomic E-state index is 0.0390. The number of carbonyl (C=O) groups excluding carboxylic acids is 1. The summed E-state index contributed by atoms with van der Waals surface area (Å²) in [7, 11) is 0. The molecule has 4 rings (SSSR count). The molecule has 0 spiro atoms. The summed E-state index contributed by atoms with van der Waals surface area (Å²) >= 11 is 0. The van der Waals surface area contributed by atoms with Crippen LogP contribution in [0.25, 0.3) is 10.9 Å². The first-order valence-corrected chi connectivity index (χ1v) is 9.10. The maximum absolute atomic E-state index is 13.4. The Bertz CT molecular complexity index is 1140. The lowest BCUT2D eigenvalue weighted by Gasteiger charge is -2.28. The number of hydrogen-bond acceptors (Lipinski definition) is 4. The molecule has 6 heteroatoms. The van der Waals surface area contributed by atoms with Gasteiger partial charge in [-0.2, -0.15) is 0 Å². The minimum atomic E-state index is -0.0962. The fraction of sp³-hybridized carbons (Fsp3) is 0.333. The van der Waals surface area contributed by atoms with Crippen LogP contribution in [0.15, 0.2) is 23.0 Å². The number of hydrogen-bond donors (Lipinski definition) is 1. The van der Waals surface area contributed by atoms with E-state index in [4.69, 9.17) is 0 Å². The number of pyridine rings is 1. The van der Waals surface area contributed by atoms with Crippen molar-refractivity contribution >= 4 is 16.8 Å². The van der Waals surface area contributed by atoms with E-state index < -0.39 is 0 Å². The molecule has 0 fully saturated rings. The zero-order valence-corrected chi connectivity index (χ0v) is 16.0. The van der Waals surface area contributed by atoms with Crippen molar-refractivity contribution in [1.82, 2.24) is 19.9 Å². The summed E-state index contributed by atoms with van der Waals surface area (Å²) in [6.07, 6.45) is 0.518. The standard InChI is InChI=1S/C21H22N4O2/c1-11-7-12(2)19-16(9-13(3)22-17(19)8-11)21(27)25-6-5-15-18(10-25)23-14(4)24-20(15)26/h7-9H,5-6,10H2,1-4H3,(H,23,24,26). The molecule has 0 saturated heterocycles. The van der Waals surface area contributed by atoms with E-state index in [-0.39, 0.29) is 11.5 Å². The predicted octanol–water partition coefficient (Wildman–Crippen LogP) is 2.75. The predicted molar refractivity (Wildman–Crippen MR) is 104 cm³/mol. The van der Waals surface area contributed by atoms with Gasteiger partial charge >= 0.3 is 0 Å². The number of rotatable bonds is 1. The molecule has 0 radical (unpaired) electrons. The Morgan fingerprint density at radius 2 is 1.89 bits per heavy atom. The molecule has 1 aliphatic heterocycles. The summed E-state index contributed by atoms with van der Waals surface area (Å²) in [4.78, 5) is 39.1. The number of carbonyl (C=O) groups is 1. The van der Waals surface area contributed by atoms with Crippen LogP contribution in [0.4, 0.5) is 0 Å². The van der Waals surface area contributed by atoms with Crippen LogP contribution in [0, 0.1) is 27.7 Å². The Balaban J connectivity index is 1.79. The van der Waals surface area contributed by atoms with Gasteiger partial charge in [0, 0.05) is 23.2 Å². The van der Waals surface area contributed by atoms with Crippen LogP contribution in [-0.4, -0.2) is 32.3 Å². The molecule has 1 N–H and O–H groups in total. The molecule has 0 saturated carbocycles. The second-order valence-corrected chi connectivity index (χ2v) is 7.34. The normalized spacial score (nSPS) is 13.7. The highest BCUT2D eigenvalue weighted by atomic mass is 16.2. The zero-order chi connectivity index (χ0) is 19.3. The van der Waals surface area contributed by atoms with Gasteiger partial charge in [-0.15, -0.1) is 0 Å². The Morgan fingerprint density at radius 3 is 2.67 bits per heavy atom. The van der Waals surface area contributed by atoms with Crippen molar-refractivity contribution < 1.29 is 4.79 Å². The van der Waals surface area contributed by atoms with Crippen LogP contribution < -0.4 is 5.56 Å². The summed E-state index contributed by atoms with van der Waals surface area (Å²) < 4.78 is 0. The van der Waals surface area contributed by atoms with Gasteiger partial charge in [-0.1, -0.05) is 6.07 Å². The smallest absolute Gasteiger partial charge is 0.254 e. The zero-order valence-electron chi connectivity index (χ0n) is 16.0. The van der Waals surface area contributed by atoms with Gasteiger partial charge in [-0.25, -0.2) is 4.98 Å². The highest BCUT2D eigenvalue weighted by molar-refractivity contribution is 6.07. The molecule has 0 unspecified atom stereocenters. The third-order valence-electron chi connectivity index (χ3n) is 5.09. The first kappa shape index (κ1) is 17.4. The van der Waals surface area contributed by atoms with Crippen LogP contribution in [0.1, 0.15) is 44.3 Å². The molecule has 0 atom stereocenters.